The minimum Gasteiger partial charge on any atom is -0.310 e. The van der Waals surface area contributed by atoms with Gasteiger partial charge in [-0.3, -0.25) is 0 Å². The van der Waals surface area contributed by atoms with Crippen LogP contribution < -0.4 is 15.5 Å². The Bertz CT molecular complexity index is 2820. The number of rotatable bonds is 5. The molecule has 0 saturated carbocycles. The van der Waals surface area contributed by atoms with Gasteiger partial charge in [-0.25, -0.2) is 0 Å². The predicted molar refractivity (Wildman–Crippen MR) is 211 cm³/mol. The summed E-state index contributed by atoms with van der Waals surface area (Å²) in [7, 11) is 0. The summed E-state index contributed by atoms with van der Waals surface area (Å²) in [6.45, 7) is 0. The molecule has 10 rings (SSSR count). The van der Waals surface area contributed by atoms with Gasteiger partial charge in [0.1, 0.15) is 0 Å². The van der Waals surface area contributed by atoms with Crippen LogP contribution in [0.1, 0.15) is 12.8 Å². The Balaban J connectivity index is 1.12. The molecule has 49 heavy (non-hydrogen) atoms. The van der Waals surface area contributed by atoms with Gasteiger partial charge in [0.2, 0.25) is 0 Å². The van der Waals surface area contributed by atoms with Gasteiger partial charge in [0.25, 0.3) is 0 Å². The van der Waals surface area contributed by atoms with E-state index in [1.165, 1.54) is 69.2 Å². The van der Waals surface area contributed by atoms with Crippen molar-refractivity contribution in [3.63, 3.8) is 0 Å². The van der Waals surface area contributed by atoms with Gasteiger partial charge in [-0.1, -0.05) is 103 Å². The van der Waals surface area contributed by atoms with Gasteiger partial charge in [-0.2, -0.15) is 0 Å². The molecule has 2 aromatic heterocycles. The molecule has 3 heteroatoms. The van der Waals surface area contributed by atoms with Crippen molar-refractivity contribution >= 4 is 82.4 Å². The molecule has 2 heterocycles. The van der Waals surface area contributed by atoms with Gasteiger partial charge in [0.15, 0.2) is 0 Å². The largest absolute Gasteiger partial charge is 0.310 e. The van der Waals surface area contributed by atoms with Crippen LogP contribution >= 0.6 is 11.3 Å². The van der Waals surface area contributed by atoms with Gasteiger partial charge in [-0.15, -0.1) is 11.3 Å². The molecular weight excluding hydrogens is 613 g/mol. The zero-order valence-corrected chi connectivity index (χ0v) is 27.7. The van der Waals surface area contributed by atoms with Crippen molar-refractivity contribution in [1.82, 2.24) is 4.57 Å². The van der Waals surface area contributed by atoms with Crippen LogP contribution in [0.5, 0.6) is 0 Å². The van der Waals surface area contributed by atoms with Crippen LogP contribution in [0.2, 0.25) is 0 Å². The Kier molecular flexibility index (Phi) is 6.53. The standard InChI is InChI=1S/C46H32N2S/c1-2-13-35(14-3-1)47(36-25-23-32(24-26-36)34-22-21-31-11-4-5-12-33(31)27-34)37-15-10-16-38(28-37)48-43-19-8-6-17-39(43)41-29-42-40-18-7-9-20-45(40)49-46(42)30-44(41)48/h1-5,7,9-30H,6,8H2. The number of thiophene rings is 1. The number of fused-ring (bicyclic) bond motifs is 7. The molecule has 7 aromatic carbocycles. The van der Waals surface area contributed by atoms with E-state index in [0.717, 1.165) is 29.9 Å². The monoisotopic (exact) mass is 644 g/mol. The van der Waals surface area contributed by atoms with Crippen LogP contribution in [-0.2, 0) is 0 Å². The molecule has 1 aliphatic rings. The van der Waals surface area contributed by atoms with Crippen molar-refractivity contribution < 1.29 is 0 Å². The van der Waals surface area contributed by atoms with Gasteiger partial charge >= 0.3 is 0 Å². The zero-order valence-electron chi connectivity index (χ0n) is 26.9. The molecule has 232 valence electrons. The van der Waals surface area contributed by atoms with Gasteiger partial charge in [0, 0.05) is 58.9 Å². The smallest absolute Gasteiger partial charge is 0.0555 e. The first-order chi connectivity index (χ1) is 24.3. The van der Waals surface area contributed by atoms with E-state index in [9.17, 15) is 0 Å². The number of aromatic nitrogens is 1. The first kappa shape index (κ1) is 28.1. The molecule has 1 aliphatic carbocycles. The zero-order chi connectivity index (χ0) is 32.3. The van der Waals surface area contributed by atoms with E-state index < -0.39 is 0 Å². The average Bonchev–Trinajstić information content (AvgIpc) is 3.69. The lowest BCUT2D eigenvalue weighted by molar-refractivity contribution is 1.02. The maximum atomic E-state index is 2.49. The lowest BCUT2D eigenvalue weighted by Crippen LogP contribution is -2.30. The fourth-order valence-electron chi connectivity index (χ4n) is 7.66. The molecule has 9 aromatic rings. The average molecular weight is 645 g/mol. The normalized spacial score (nSPS) is 12.7. The molecule has 0 saturated heterocycles. The van der Waals surface area contributed by atoms with Gasteiger partial charge < -0.3 is 9.47 Å². The van der Waals surface area contributed by atoms with E-state index >= 15 is 0 Å². The number of hydrogen-bond acceptors (Lipinski definition) is 2. The summed E-state index contributed by atoms with van der Waals surface area (Å²) in [4.78, 5) is 2.37. The predicted octanol–water partition coefficient (Wildman–Crippen LogP) is 11.6. The summed E-state index contributed by atoms with van der Waals surface area (Å²) in [6.07, 6.45) is 6.99. The third-order valence-corrected chi connectivity index (χ3v) is 11.1. The van der Waals surface area contributed by atoms with E-state index in [2.05, 4.69) is 179 Å². The minimum absolute atomic E-state index is 1.06. The van der Waals surface area contributed by atoms with E-state index in [1.54, 1.807) is 0 Å². The van der Waals surface area contributed by atoms with E-state index in [0.29, 0.717) is 0 Å². The summed E-state index contributed by atoms with van der Waals surface area (Å²) in [5, 5.41) is 9.20. The van der Waals surface area contributed by atoms with Crippen molar-refractivity contribution in [2.24, 2.45) is 0 Å². The molecule has 0 spiro atoms. The van der Waals surface area contributed by atoms with E-state index in [1.807, 2.05) is 11.3 Å². The molecule has 0 fully saturated rings. The van der Waals surface area contributed by atoms with Crippen LogP contribution in [0.4, 0.5) is 17.1 Å². The van der Waals surface area contributed by atoms with Crippen molar-refractivity contribution in [2.45, 2.75) is 12.8 Å². The SMILES string of the molecule is C1=c2c(n(-c3cccc(N(c4ccccc4)c4ccc(-c5ccc6ccccc6c5)cc4)c3)c3cc4sc5ccccc5c4cc23)=CCC1. The fourth-order valence-corrected chi connectivity index (χ4v) is 8.78. The summed E-state index contributed by atoms with van der Waals surface area (Å²) in [5.41, 5.74) is 8.25. The number of anilines is 3. The highest BCUT2D eigenvalue weighted by Gasteiger charge is 2.18. The molecule has 0 bridgehead atoms. The fraction of sp³-hybridized carbons (Fsp3) is 0.0435. The summed E-state index contributed by atoms with van der Waals surface area (Å²) >= 11 is 1.89. The Morgan fingerprint density at radius 2 is 1.20 bits per heavy atom. The Hall–Kier alpha value is -5.90. The number of nitrogens with zero attached hydrogens (tertiary/aromatic N) is 2. The first-order valence-corrected chi connectivity index (χ1v) is 17.8. The highest BCUT2D eigenvalue weighted by Crippen LogP contribution is 2.39. The number of hydrogen-bond donors (Lipinski definition) is 0. The van der Waals surface area contributed by atoms with Crippen molar-refractivity contribution in [3.05, 3.63) is 168 Å². The maximum absolute atomic E-state index is 2.49. The second-order valence-corrected chi connectivity index (χ2v) is 14.0. The lowest BCUT2D eigenvalue weighted by atomic mass is 10.0. The Morgan fingerprint density at radius 3 is 2.10 bits per heavy atom. The minimum atomic E-state index is 1.06. The van der Waals surface area contributed by atoms with Crippen molar-refractivity contribution in [2.75, 3.05) is 4.90 Å². The number of benzene rings is 7. The Labute approximate surface area is 288 Å². The van der Waals surface area contributed by atoms with Crippen LogP contribution in [0.25, 0.3) is 70.8 Å². The van der Waals surface area contributed by atoms with Crippen LogP contribution in [0, 0.1) is 0 Å². The molecule has 0 N–H and O–H groups in total. The molecule has 0 atom stereocenters. The summed E-state index contributed by atoms with van der Waals surface area (Å²) in [6, 6.07) is 57.6. The van der Waals surface area contributed by atoms with Crippen molar-refractivity contribution in [3.8, 4) is 16.8 Å². The highest BCUT2D eigenvalue weighted by atomic mass is 32.1. The second kappa shape index (κ2) is 11.4. The summed E-state index contributed by atoms with van der Waals surface area (Å²) in [5.74, 6) is 0. The molecule has 0 unspecified atom stereocenters. The van der Waals surface area contributed by atoms with Crippen LogP contribution in [0.3, 0.4) is 0 Å². The van der Waals surface area contributed by atoms with Gasteiger partial charge in [0.05, 0.1) is 5.52 Å². The van der Waals surface area contributed by atoms with E-state index in [-0.39, 0.29) is 0 Å². The molecule has 0 radical (unpaired) electrons. The van der Waals surface area contributed by atoms with Crippen LogP contribution in [-0.4, -0.2) is 4.57 Å². The van der Waals surface area contributed by atoms with Crippen LogP contribution in [0.15, 0.2) is 158 Å². The molecule has 0 amide bonds. The van der Waals surface area contributed by atoms with Crippen molar-refractivity contribution in [1.29, 1.82) is 0 Å². The first-order valence-electron chi connectivity index (χ1n) is 17.0. The summed E-state index contributed by atoms with van der Waals surface area (Å²) < 4.78 is 5.16. The number of para-hydroxylation sites is 1. The lowest BCUT2D eigenvalue weighted by Gasteiger charge is -2.26. The molecule has 2 nitrogen and oxygen atoms in total. The topological polar surface area (TPSA) is 8.17 Å². The second-order valence-electron chi connectivity index (χ2n) is 12.9. The Morgan fingerprint density at radius 1 is 0.469 bits per heavy atom. The molecular formula is C46H32N2S. The highest BCUT2D eigenvalue weighted by molar-refractivity contribution is 7.25. The molecule has 0 aliphatic heterocycles. The third-order valence-electron chi connectivity index (χ3n) is 9.96. The third kappa shape index (κ3) is 4.69. The maximum Gasteiger partial charge on any atom is 0.0555 e. The quantitative estimate of drug-likeness (QED) is 0.181. The van der Waals surface area contributed by atoms with Gasteiger partial charge in [-0.05, 0) is 101 Å². The van der Waals surface area contributed by atoms with E-state index in [4.69, 9.17) is 0 Å².